The van der Waals surface area contributed by atoms with Crippen LogP contribution in [0.2, 0.25) is 5.02 Å². The topological polar surface area (TPSA) is 114 Å². The fraction of sp³-hybridized carbons (Fsp3) is 0.303. The molecule has 9 nitrogen and oxygen atoms in total. The molecule has 0 unspecified atom stereocenters. The first-order valence-electron chi connectivity index (χ1n) is 14.5. The molecule has 3 N–H and O–H groups in total. The fourth-order valence-corrected chi connectivity index (χ4v) is 5.81. The molecule has 43 heavy (non-hydrogen) atoms. The van der Waals surface area contributed by atoms with Crippen molar-refractivity contribution in [1.29, 1.82) is 0 Å². The third-order valence-electron chi connectivity index (χ3n) is 7.94. The van der Waals surface area contributed by atoms with E-state index in [0.717, 1.165) is 85.9 Å². The van der Waals surface area contributed by atoms with Crippen LogP contribution < -0.4 is 20.1 Å². The Morgan fingerprint density at radius 1 is 0.930 bits per heavy atom. The van der Waals surface area contributed by atoms with Gasteiger partial charge in [0.15, 0.2) is 0 Å². The summed E-state index contributed by atoms with van der Waals surface area (Å²) in [6.07, 6.45) is 2.59. The summed E-state index contributed by atoms with van der Waals surface area (Å²) in [7, 11) is 0. The zero-order chi connectivity index (χ0) is 29.8. The number of aryl methyl sites for hydroxylation is 1. The number of anilines is 2. The molecule has 1 aromatic heterocycles. The molecule has 6 rings (SSSR count). The summed E-state index contributed by atoms with van der Waals surface area (Å²) in [6.45, 7) is 5.46. The molecule has 0 bridgehead atoms. The van der Waals surface area contributed by atoms with Crippen molar-refractivity contribution in [2.24, 2.45) is 0 Å². The van der Waals surface area contributed by atoms with Gasteiger partial charge in [0.2, 0.25) is 5.95 Å². The molecule has 3 aromatic carbocycles. The number of carboxylic acid groups (broad SMARTS) is 1. The van der Waals surface area contributed by atoms with Crippen LogP contribution in [0.5, 0.6) is 11.5 Å². The maximum Gasteiger partial charge on any atom is 0.335 e. The van der Waals surface area contributed by atoms with Crippen LogP contribution in [-0.4, -0.2) is 65.3 Å². The smallest absolute Gasteiger partial charge is 0.335 e. The number of nitrogens with two attached hydrogens (primary N) is 1. The van der Waals surface area contributed by atoms with Crippen molar-refractivity contribution < 1.29 is 19.4 Å². The maximum atomic E-state index is 11.2. The second-order valence-electron chi connectivity index (χ2n) is 10.8. The van der Waals surface area contributed by atoms with Gasteiger partial charge in [0.05, 0.1) is 17.9 Å². The SMILES string of the molecule is Nc1nc2c(c(N3CCN(CCCOc4cccc(C(=O)O)c4)CC3)n1)CCc1cc(OCc3ccc(Cl)cc3)ccc1-2. The van der Waals surface area contributed by atoms with Crippen molar-refractivity contribution in [1.82, 2.24) is 14.9 Å². The van der Waals surface area contributed by atoms with E-state index < -0.39 is 5.97 Å². The van der Waals surface area contributed by atoms with Gasteiger partial charge in [-0.25, -0.2) is 9.78 Å². The molecule has 4 aromatic rings. The first-order chi connectivity index (χ1) is 20.9. The molecule has 0 atom stereocenters. The summed E-state index contributed by atoms with van der Waals surface area (Å²) in [6, 6.07) is 20.5. The van der Waals surface area contributed by atoms with Gasteiger partial charge >= 0.3 is 5.97 Å². The van der Waals surface area contributed by atoms with Gasteiger partial charge in [-0.1, -0.05) is 29.8 Å². The first kappa shape index (κ1) is 28.8. The minimum Gasteiger partial charge on any atom is -0.494 e. The van der Waals surface area contributed by atoms with Gasteiger partial charge < -0.3 is 25.2 Å². The lowest BCUT2D eigenvalue weighted by Crippen LogP contribution is -2.47. The number of aromatic carboxylic acids is 1. The van der Waals surface area contributed by atoms with Crippen molar-refractivity contribution in [3.63, 3.8) is 0 Å². The number of nitrogens with zero attached hydrogens (tertiary/aromatic N) is 4. The van der Waals surface area contributed by atoms with E-state index in [1.54, 1.807) is 24.3 Å². The summed E-state index contributed by atoms with van der Waals surface area (Å²) in [4.78, 5) is 25.3. The first-order valence-corrected chi connectivity index (χ1v) is 14.9. The lowest BCUT2D eigenvalue weighted by molar-refractivity contribution is 0.0696. The number of carboxylic acids is 1. The zero-order valence-corrected chi connectivity index (χ0v) is 24.6. The van der Waals surface area contributed by atoms with Crippen LogP contribution in [0.15, 0.2) is 66.7 Å². The van der Waals surface area contributed by atoms with Gasteiger partial charge in [-0.3, -0.25) is 4.90 Å². The summed E-state index contributed by atoms with van der Waals surface area (Å²) >= 11 is 6.00. The number of piperazine rings is 1. The van der Waals surface area contributed by atoms with Crippen LogP contribution in [0.1, 0.15) is 33.5 Å². The summed E-state index contributed by atoms with van der Waals surface area (Å²) in [5.41, 5.74) is 11.9. The van der Waals surface area contributed by atoms with Crippen LogP contribution in [0, 0.1) is 0 Å². The standard InChI is InChI=1S/C33H34ClN5O4/c34-25-8-5-22(6-9-25)21-43-27-10-12-28-23(19-27)7-11-29-30(28)36-33(35)37-31(29)39-16-14-38(15-17-39)13-2-18-42-26-4-1-3-24(20-26)32(40)41/h1,3-6,8-10,12,19-20H,2,7,11,13-18,21H2,(H,40,41)(H2,35,36,37). The van der Waals surface area contributed by atoms with Crippen LogP contribution >= 0.6 is 11.6 Å². The lowest BCUT2D eigenvalue weighted by atomic mass is 9.88. The summed E-state index contributed by atoms with van der Waals surface area (Å²) in [5.74, 6) is 1.69. The number of carbonyl (C=O) groups is 1. The van der Waals surface area contributed by atoms with Crippen LogP contribution in [-0.2, 0) is 19.4 Å². The van der Waals surface area contributed by atoms with Gasteiger partial charge in [-0.2, -0.15) is 4.98 Å². The van der Waals surface area contributed by atoms with E-state index in [0.29, 0.717) is 24.0 Å². The summed E-state index contributed by atoms with van der Waals surface area (Å²) in [5, 5.41) is 9.87. The van der Waals surface area contributed by atoms with Crippen molar-refractivity contribution >= 4 is 29.3 Å². The predicted octanol–water partition coefficient (Wildman–Crippen LogP) is 5.35. The number of ether oxygens (including phenoxy) is 2. The highest BCUT2D eigenvalue weighted by molar-refractivity contribution is 6.30. The molecular weight excluding hydrogens is 566 g/mol. The maximum absolute atomic E-state index is 11.2. The zero-order valence-electron chi connectivity index (χ0n) is 23.8. The third-order valence-corrected chi connectivity index (χ3v) is 8.19. The monoisotopic (exact) mass is 599 g/mol. The van der Waals surface area contributed by atoms with E-state index in [9.17, 15) is 4.79 Å². The van der Waals surface area contributed by atoms with Crippen molar-refractivity contribution in [3.8, 4) is 22.8 Å². The highest BCUT2D eigenvalue weighted by atomic mass is 35.5. The van der Waals surface area contributed by atoms with Crippen molar-refractivity contribution in [2.45, 2.75) is 25.9 Å². The van der Waals surface area contributed by atoms with Crippen molar-refractivity contribution in [2.75, 3.05) is 50.0 Å². The second-order valence-corrected chi connectivity index (χ2v) is 11.3. The molecule has 0 saturated carbocycles. The van der Waals surface area contributed by atoms with Gasteiger partial charge in [0.25, 0.3) is 0 Å². The van der Waals surface area contributed by atoms with E-state index in [2.05, 4.69) is 26.9 Å². The molecule has 1 aliphatic carbocycles. The van der Waals surface area contributed by atoms with Crippen LogP contribution in [0.25, 0.3) is 11.3 Å². The average molecular weight is 600 g/mol. The molecule has 0 spiro atoms. The number of halogens is 1. The molecule has 1 saturated heterocycles. The quantitative estimate of drug-likeness (QED) is 0.233. The third kappa shape index (κ3) is 6.84. The van der Waals surface area contributed by atoms with E-state index in [-0.39, 0.29) is 11.5 Å². The Labute approximate surface area is 255 Å². The number of hydrogen-bond donors (Lipinski definition) is 2. The fourth-order valence-electron chi connectivity index (χ4n) is 5.69. The Balaban J connectivity index is 1.05. The molecule has 0 radical (unpaired) electrons. The summed E-state index contributed by atoms with van der Waals surface area (Å²) < 4.78 is 11.9. The van der Waals surface area contributed by atoms with E-state index in [1.807, 2.05) is 30.3 Å². The minimum absolute atomic E-state index is 0.230. The van der Waals surface area contributed by atoms with Crippen molar-refractivity contribution in [3.05, 3.63) is 94.0 Å². The molecule has 1 aliphatic heterocycles. The molecule has 2 aliphatic rings. The Bertz CT molecular complexity index is 1610. The lowest BCUT2D eigenvalue weighted by Gasteiger charge is -2.37. The van der Waals surface area contributed by atoms with Crippen LogP contribution in [0.3, 0.4) is 0 Å². The normalized spacial score (nSPS) is 14.6. The number of fused-ring (bicyclic) bond motifs is 3. The number of rotatable bonds is 10. The Morgan fingerprint density at radius 2 is 1.72 bits per heavy atom. The Morgan fingerprint density at radius 3 is 2.51 bits per heavy atom. The number of nitrogen functional groups attached to an aromatic ring is 1. The number of benzene rings is 3. The number of aromatic nitrogens is 2. The van der Waals surface area contributed by atoms with E-state index in [4.69, 9.17) is 36.9 Å². The number of hydrogen-bond acceptors (Lipinski definition) is 8. The van der Waals surface area contributed by atoms with E-state index in [1.165, 1.54) is 5.56 Å². The molecule has 0 amide bonds. The molecule has 1 fully saturated rings. The molecule has 10 heteroatoms. The van der Waals surface area contributed by atoms with Gasteiger partial charge in [-0.15, -0.1) is 0 Å². The molecule has 222 valence electrons. The molecule has 2 heterocycles. The molecular formula is C33H34ClN5O4. The largest absolute Gasteiger partial charge is 0.494 e. The van der Waals surface area contributed by atoms with Crippen LogP contribution in [0.4, 0.5) is 11.8 Å². The highest BCUT2D eigenvalue weighted by Crippen LogP contribution is 2.38. The minimum atomic E-state index is -0.954. The Kier molecular flexibility index (Phi) is 8.62. The van der Waals surface area contributed by atoms with Gasteiger partial charge in [-0.05, 0) is 78.9 Å². The highest BCUT2D eigenvalue weighted by Gasteiger charge is 2.27. The Hall–Kier alpha value is -4.34. The van der Waals surface area contributed by atoms with Gasteiger partial charge in [0, 0.05) is 48.9 Å². The van der Waals surface area contributed by atoms with Gasteiger partial charge in [0.1, 0.15) is 23.9 Å². The van der Waals surface area contributed by atoms with E-state index >= 15 is 0 Å². The predicted molar refractivity (Wildman–Crippen MR) is 167 cm³/mol. The average Bonchev–Trinajstić information content (AvgIpc) is 3.02. The second kappa shape index (κ2) is 12.9.